The zero-order chi connectivity index (χ0) is 18.1. The van der Waals surface area contributed by atoms with Gasteiger partial charge in [-0.25, -0.2) is 0 Å². The summed E-state index contributed by atoms with van der Waals surface area (Å²) >= 11 is 0. The van der Waals surface area contributed by atoms with E-state index in [0.717, 1.165) is 12.0 Å². The summed E-state index contributed by atoms with van der Waals surface area (Å²) in [5, 5.41) is 5.41. The lowest BCUT2D eigenvalue weighted by Crippen LogP contribution is -2.46. The Kier molecular flexibility index (Phi) is 4.16. The highest BCUT2D eigenvalue weighted by molar-refractivity contribution is 6.10. The van der Waals surface area contributed by atoms with Gasteiger partial charge in [-0.3, -0.25) is 14.4 Å². The highest BCUT2D eigenvalue weighted by Gasteiger charge is 2.31. The topological polar surface area (TPSA) is 78.5 Å². The van der Waals surface area contributed by atoms with Crippen molar-refractivity contribution in [2.75, 3.05) is 11.9 Å². The molecule has 2 aromatic carbocycles. The first-order valence-electron chi connectivity index (χ1n) is 8.67. The lowest BCUT2D eigenvalue weighted by molar-refractivity contribution is -0.134. The van der Waals surface area contributed by atoms with E-state index in [4.69, 9.17) is 0 Å². The molecule has 0 aliphatic carbocycles. The molecule has 0 spiro atoms. The maximum Gasteiger partial charge on any atom is 0.254 e. The number of para-hydroxylation sites is 1. The van der Waals surface area contributed by atoms with Gasteiger partial charge in [0, 0.05) is 13.1 Å². The zero-order valence-corrected chi connectivity index (χ0v) is 14.2. The van der Waals surface area contributed by atoms with Crippen LogP contribution in [0.4, 0.5) is 5.69 Å². The van der Waals surface area contributed by atoms with Gasteiger partial charge in [0.05, 0.1) is 17.7 Å². The quantitative estimate of drug-likeness (QED) is 0.866. The van der Waals surface area contributed by atoms with Crippen LogP contribution >= 0.6 is 0 Å². The summed E-state index contributed by atoms with van der Waals surface area (Å²) in [6.07, 6.45) is 0.754. The van der Waals surface area contributed by atoms with Crippen molar-refractivity contribution in [1.82, 2.24) is 10.2 Å². The Morgan fingerprint density at radius 3 is 2.62 bits per heavy atom. The van der Waals surface area contributed by atoms with Gasteiger partial charge in [0.25, 0.3) is 5.91 Å². The number of carbonyl (C=O) groups excluding carboxylic acids is 3. The Morgan fingerprint density at radius 1 is 1.04 bits per heavy atom. The fourth-order valence-electron chi connectivity index (χ4n) is 3.47. The number of anilines is 1. The molecule has 6 heteroatoms. The van der Waals surface area contributed by atoms with Gasteiger partial charge in [0.1, 0.15) is 6.04 Å². The Bertz CT molecular complexity index is 893. The van der Waals surface area contributed by atoms with E-state index in [1.807, 2.05) is 18.2 Å². The summed E-state index contributed by atoms with van der Waals surface area (Å²) < 4.78 is 0. The molecule has 1 atom stereocenters. The monoisotopic (exact) mass is 349 g/mol. The predicted octanol–water partition coefficient (Wildman–Crippen LogP) is 1.71. The van der Waals surface area contributed by atoms with Crippen molar-refractivity contribution in [3.8, 4) is 0 Å². The highest BCUT2D eigenvalue weighted by atomic mass is 16.2. The van der Waals surface area contributed by atoms with Crippen LogP contribution in [0.1, 0.15) is 27.9 Å². The number of rotatable bonds is 2. The van der Waals surface area contributed by atoms with Gasteiger partial charge < -0.3 is 15.5 Å². The first kappa shape index (κ1) is 16.3. The van der Waals surface area contributed by atoms with Crippen LogP contribution < -0.4 is 10.6 Å². The SMILES string of the molecule is O=C1N[C@H](CC(=O)N2CCc3ccccc3C2)C(=O)Nc2ccccc21. The van der Waals surface area contributed by atoms with Gasteiger partial charge in [0.2, 0.25) is 11.8 Å². The average molecular weight is 349 g/mol. The Labute approximate surface area is 151 Å². The van der Waals surface area contributed by atoms with E-state index >= 15 is 0 Å². The van der Waals surface area contributed by atoms with Crippen LogP contribution in [-0.2, 0) is 22.6 Å². The molecule has 0 unspecified atom stereocenters. The van der Waals surface area contributed by atoms with Crippen molar-refractivity contribution in [3.63, 3.8) is 0 Å². The third-order valence-electron chi connectivity index (χ3n) is 4.91. The zero-order valence-electron chi connectivity index (χ0n) is 14.2. The van der Waals surface area contributed by atoms with Gasteiger partial charge >= 0.3 is 0 Å². The van der Waals surface area contributed by atoms with E-state index in [9.17, 15) is 14.4 Å². The van der Waals surface area contributed by atoms with Crippen LogP contribution in [0.15, 0.2) is 48.5 Å². The number of fused-ring (bicyclic) bond motifs is 2. The third-order valence-corrected chi connectivity index (χ3v) is 4.91. The van der Waals surface area contributed by atoms with Crippen molar-refractivity contribution in [2.24, 2.45) is 0 Å². The van der Waals surface area contributed by atoms with Crippen molar-refractivity contribution in [3.05, 3.63) is 65.2 Å². The molecular weight excluding hydrogens is 330 g/mol. The van der Waals surface area contributed by atoms with Crippen molar-refractivity contribution in [2.45, 2.75) is 25.4 Å². The Balaban J connectivity index is 1.47. The smallest absolute Gasteiger partial charge is 0.254 e. The predicted molar refractivity (Wildman–Crippen MR) is 96.5 cm³/mol. The van der Waals surface area contributed by atoms with Gasteiger partial charge in [0.15, 0.2) is 0 Å². The van der Waals surface area contributed by atoms with E-state index in [-0.39, 0.29) is 24.1 Å². The second-order valence-corrected chi connectivity index (χ2v) is 6.60. The lowest BCUT2D eigenvalue weighted by atomic mass is 9.99. The van der Waals surface area contributed by atoms with E-state index < -0.39 is 6.04 Å². The van der Waals surface area contributed by atoms with Crippen molar-refractivity contribution >= 4 is 23.4 Å². The summed E-state index contributed by atoms with van der Waals surface area (Å²) in [6.45, 7) is 1.16. The van der Waals surface area contributed by atoms with E-state index in [1.54, 1.807) is 29.2 Å². The average Bonchev–Trinajstić information content (AvgIpc) is 2.78. The van der Waals surface area contributed by atoms with Crippen LogP contribution in [0.2, 0.25) is 0 Å². The minimum absolute atomic E-state index is 0.0479. The third kappa shape index (κ3) is 3.06. The fraction of sp³-hybridized carbons (Fsp3) is 0.250. The number of carbonyl (C=O) groups is 3. The molecule has 3 amide bonds. The summed E-state index contributed by atoms with van der Waals surface area (Å²) in [7, 11) is 0. The second-order valence-electron chi connectivity index (χ2n) is 6.60. The molecule has 0 aromatic heterocycles. The second kappa shape index (κ2) is 6.63. The van der Waals surface area contributed by atoms with Crippen LogP contribution in [-0.4, -0.2) is 35.2 Å². The van der Waals surface area contributed by atoms with Gasteiger partial charge in [-0.05, 0) is 29.7 Å². The van der Waals surface area contributed by atoms with Crippen molar-refractivity contribution < 1.29 is 14.4 Å². The summed E-state index contributed by atoms with van der Waals surface area (Å²) in [5.41, 5.74) is 3.26. The molecule has 2 aliphatic rings. The summed E-state index contributed by atoms with van der Waals surface area (Å²) in [6, 6.07) is 14.0. The standard InChI is InChI=1S/C20H19N3O3/c24-18(23-10-9-13-5-1-2-6-14(13)12-23)11-17-20(26)21-16-8-4-3-7-15(16)19(25)22-17/h1-8,17H,9-12H2,(H,21,26)(H,22,25)/t17-/m1/s1. The van der Waals surface area contributed by atoms with E-state index in [2.05, 4.69) is 16.7 Å². The molecule has 26 heavy (non-hydrogen) atoms. The van der Waals surface area contributed by atoms with Crippen LogP contribution in [0.3, 0.4) is 0 Å². The molecular formula is C20H19N3O3. The number of nitrogens with one attached hydrogen (secondary N) is 2. The van der Waals surface area contributed by atoms with E-state index in [0.29, 0.717) is 24.3 Å². The minimum Gasteiger partial charge on any atom is -0.340 e. The molecule has 2 aliphatic heterocycles. The molecule has 0 radical (unpaired) electrons. The van der Waals surface area contributed by atoms with Crippen molar-refractivity contribution in [1.29, 1.82) is 0 Å². The molecule has 0 saturated heterocycles. The normalized spacial score (nSPS) is 18.9. The van der Waals surface area contributed by atoms with Crippen LogP contribution in [0.25, 0.3) is 0 Å². The molecule has 2 heterocycles. The number of hydrogen-bond donors (Lipinski definition) is 2. The largest absolute Gasteiger partial charge is 0.340 e. The van der Waals surface area contributed by atoms with E-state index in [1.165, 1.54) is 5.56 Å². The maximum absolute atomic E-state index is 12.7. The highest BCUT2D eigenvalue weighted by Crippen LogP contribution is 2.21. The molecule has 0 saturated carbocycles. The summed E-state index contributed by atoms with van der Waals surface area (Å²) in [4.78, 5) is 39.3. The lowest BCUT2D eigenvalue weighted by Gasteiger charge is -2.30. The maximum atomic E-state index is 12.7. The van der Waals surface area contributed by atoms with Gasteiger partial charge in [-0.1, -0.05) is 36.4 Å². The molecule has 4 rings (SSSR count). The summed E-state index contributed by atoms with van der Waals surface area (Å²) in [5.74, 6) is -0.847. The fourth-order valence-corrected chi connectivity index (χ4v) is 3.47. The molecule has 2 aromatic rings. The van der Waals surface area contributed by atoms with Crippen LogP contribution in [0.5, 0.6) is 0 Å². The van der Waals surface area contributed by atoms with Gasteiger partial charge in [-0.2, -0.15) is 0 Å². The molecule has 2 N–H and O–H groups in total. The number of hydrogen-bond acceptors (Lipinski definition) is 3. The van der Waals surface area contributed by atoms with Crippen LogP contribution in [0, 0.1) is 0 Å². The molecule has 6 nitrogen and oxygen atoms in total. The molecule has 0 fully saturated rings. The number of nitrogens with zero attached hydrogens (tertiary/aromatic N) is 1. The first-order valence-corrected chi connectivity index (χ1v) is 8.67. The molecule has 132 valence electrons. The first-order chi connectivity index (χ1) is 12.6. The number of amides is 3. The Hall–Kier alpha value is -3.15. The minimum atomic E-state index is -0.875. The molecule has 0 bridgehead atoms. The van der Waals surface area contributed by atoms with Gasteiger partial charge in [-0.15, -0.1) is 0 Å². The number of benzene rings is 2. The Morgan fingerprint density at radius 2 is 1.77 bits per heavy atom.